The molecule has 3 heterocycles. The van der Waals surface area contributed by atoms with Crippen molar-refractivity contribution in [2.24, 2.45) is 5.92 Å². The first-order valence-electron chi connectivity index (χ1n) is 8.99. The van der Waals surface area contributed by atoms with E-state index in [9.17, 15) is 19.5 Å². The summed E-state index contributed by atoms with van der Waals surface area (Å²) in [5, 5.41) is 10.3. The number of ether oxygens (including phenoxy) is 2. The lowest BCUT2D eigenvalue weighted by Gasteiger charge is -2.34. The molecule has 3 rings (SSSR count). The number of carbonyl (C=O) groups excluding carboxylic acids is 1. The highest BCUT2D eigenvalue weighted by molar-refractivity contribution is 7.16. The smallest absolute Gasteiger partial charge is 0.311 e. The van der Waals surface area contributed by atoms with Crippen LogP contribution in [0, 0.1) is 5.92 Å². The molecular weight excluding hydrogens is 388 g/mol. The molecule has 28 heavy (non-hydrogen) atoms. The number of esters is 1. The van der Waals surface area contributed by atoms with Gasteiger partial charge >= 0.3 is 10.8 Å². The highest BCUT2D eigenvalue weighted by Gasteiger charge is 2.49. The van der Waals surface area contributed by atoms with Gasteiger partial charge < -0.3 is 20.3 Å². The van der Waals surface area contributed by atoms with E-state index in [0.29, 0.717) is 12.8 Å². The third-order valence-electron chi connectivity index (χ3n) is 5.04. The maximum absolute atomic E-state index is 12.7. The molecule has 1 fully saturated rings. The summed E-state index contributed by atoms with van der Waals surface area (Å²) >= 11 is 0.738. The number of aromatic nitrogens is 3. The average molecular weight is 412 g/mol. The van der Waals surface area contributed by atoms with E-state index in [1.165, 1.54) is 11.5 Å². The van der Waals surface area contributed by atoms with Crippen molar-refractivity contribution in [2.45, 2.75) is 64.6 Å². The number of aromatic amines is 1. The number of carbonyl (C=O) groups is 1. The highest BCUT2D eigenvalue weighted by atomic mass is 32.1. The van der Waals surface area contributed by atoms with Crippen molar-refractivity contribution in [3.8, 4) is 0 Å². The Morgan fingerprint density at radius 1 is 1.54 bits per heavy atom. The number of rotatable bonds is 5. The fourth-order valence-corrected chi connectivity index (χ4v) is 4.53. The number of nitrogens with zero attached hydrogens (tertiary/aromatic N) is 2. The van der Waals surface area contributed by atoms with Crippen LogP contribution in [0.25, 0.3) is 10.3 Å². The molecule has 1 aliphatic rings. The van der Waals surface area contributed by atoms with Gasteiger partial charge in [0.1, 0.15) is 16.5 Å². The molecule has 0 aliphatic carbocycles. The number of H-pyrrole nitrogens is 1. The predicted octanol–water partition coefficient (Wildman–Crippen LogP) is 0.745. The number of nitrogen functional groups attached to an aromatic ring is 1. The van der Waals surface area contributed by atoms with Crippen LogP contribution in [0.5, 0.6) is 0 Å². The lowest BCUT2D eigenvalue weighted by Crippen LogP contribution is -2.40. The van der Waals surface area contributed by atoms with Crippen molar-refractivity contribution in [3.05, 3.63) is 20.0 Å². The number of anilines is 1. The van der Waals surface area contributed by atoms with Gasteiger partial charge in [0.2, 0.25) is 5.95 Å². The molecule has 2 aromatic rings. The van der Waals surface area contributed by atoms with Crippen LogP contribution in [-0.2, 0) is 14.3 Å². The minimum absolute atomic E-state index is 0.108. The minimum atomic E-state index is -0.987. The highest BCUT2D eigenvalue weighted by Crippen LogP contribution is 2.44. The first-order chi connectivity index (χ1) is 13.0. The fraction of sp³-hybridized carbons (Fsp3) is 0.647. The largest absolute Gasteiger partial charge is 0.459 e. The molecule has 154 valence electrons. The number of nitrogens with two attached hydrogens (primary N) is 1. The zero-order valence-electron chi connectivity index (χ0n) is 16.1. The van der Waals surface area contributed by atoms with Crippen LogP contribution in [-0.4, -0.2) is 43.4 Å². The van der Waals surface area contributed by atoms with Gasteiger partial charge in [0, 0.05) is 12.8 Å². The van der Waals surface area contributed by atoms with E-state index in [0.717, 1.165) is 11.3 Å². The number of aliphatic hydroxyl groups is 1. The molecule has 4 atom stereocenters. The number of nitrogens with one attached hydrogen (secondary N) is 1. The lowest BCUT2D eigenvalue weighted by molar-refractivity contribution is -0.163. The van der Waals surface area contributed by atoms with Gasteiger partial charge in [-0.25, -0.2) is 0 Å². The van der Waals surface area contributed by atoms with Gasteiger partial charge in [-0.3, -0.25) is 23.9 Å². The van der Waals surface area contributed by atoms with Crippen LogP contribution < -0.4 is 16.2 Å². The van der Waals surface area contributed by atoms with Crippen molar-refractivity contribution in [1.29, 1.82) is 0 Å². The Hall–Kier alpha value is -2.24. The molecule has 0 spiro atoms. The molecule has 0 radical (unpaired) electrons. The second-order valence-corrected chi connectivity index (χ2v) is 8.38. The van der Waals surface area contributed by atoms with E-state index in [1.807, 2.05) is 6.92 Å². The molecule has 0 aromatic carbocycles. The first-order valence-corrected chi connectivity index (χ1v) is 9.80. The average Bonchev–Trinajstić information content (AvgIpc) is 3.14. The van der Waals surface area contributed by atoms with Crippen molar-refractivity contribution >= 4 is 33.6 Å². The van der Waals surface area contributed by atoms with Gasteiger partial charge in [-0.05, 0) is 26.7 Å². The fourth-order valence-electron chi connectivity index (χ4n) is 3.69. The Morgan fingerprint density at radius 3 is 2.82 bits per heavy atom. The summed E-state index contributed by atoms with van der Waals surface area (Å²) in [6, 6.07) is 0. The molecule has 11 heteroatoms. The van der Waals surface area contributed by atoms with E-state index < -0.39 is 46.4 Å². The lowest BCUT2D eigenvalue weighted by atomic mass is 9.85. The zero-order valence-corrected chi connectivity index (χ0v) is 16.9. The Bertz CT molecular complexity index is 1010. The molecule has 0 saturated carbocycles. The van der Waals surface area contributed by atoms with Gasteiger partial charge in [0.25, 0.3) is 5.56 Å². The van der Waals surface area contributed by atoms with E-state index >= 15 is 0 Å². The standard InChI is InChI=1S/C17H24N4O6S/c1-5-9(23)10-6-8(17(3,4)27-7(2)22)14(26-10)21-12-11(28-16(21)25)13(24)20-15(18)19-12/h8-10,14,23H,5-6H2,1-4H3,(H3,18,19,20,24)/t8-,9+,10+,14-/m1/s1. The molecule has 10 nitrogen and oxygen atoms in total. The maximum Gasteiger partial charge on any atom is 0.311 e. The van der Waals surface area contributed by atoms with Crippen LogP contribution in [0.15, 0.2) is 9.59 Å². The predicted molar refractivity (Wildman–Crippen MR) is 103 cm³/mol. The normalized spacial score (nSPS) is 23.8. The Kier molecular flexibility index (Phi) is 5.34. The number of hydrogen-bond donors (Lipinski definition) is 3. The van der Waals surface area contributed by atoms with Gasteiger partial charge in [-0.1, -0.05) is 18.3 Å². The van der Waals surface area contributed by atoms with Gasteiger partial charge in [0.05, 0.1) is 12.2 Å². The summed E-state index contributed by atoms with van der Waals surface area (Å²) in [5.74, 6) is -1.05. The first kappa shape index (κ1) is 20.5. The second-order valence-electron chi connectivity index (χ2n) is 7.42. The molecule has 4 N–H and O–H groups in total. The quantitative estimate of drug-likeness (QED) is 0.609. The number of hydrogen-bond acceptors (Lipinski definition) is 9. The molecule has 0 unspecified atom stereocenters. The topological polar surface area (TPSA) is 150 Å². The minimum Gasteiger partial charge on any atom is -0.459 e. The third kappa shape index (κ3) is 3.56. The summed E-state index contributed by atoms with van der Waals surface area (Å²) in [6.45, 7) is 6.58. The number of aliphatic hydroxyl groups excluding tert-OH is 1. The summed E-state index contributed by atoms with van der Waals surface area (Å²) < 4.78 is 12.9. The Balaban J connectivity index is 2.15. The molecule has 0 bridgehead atoms. The summed E-state index contributed by atoms with van der Waals surface area (Å²) in [7, 11) is 0. The zero-order chi connectivity index (χ0) is 20.8. The van der Waals surface area contributed by atoms with E-state index in [-0.39, 0.29) is 16.3 Å². The maximum atomic E-state index is 12.7. The second kappa shape index (κ2) is 7.30. The van der Waals surface area contributed by atoms with Crippen molar-refractivity contribution in [2.75, 3.05) is 5.73 Å². The molecule has 1 aliphatic heterocycles. The van der Waals surface area contributed by atoms with Crippen LogP contribution in [0.3, 0.4) is 0 Å². The van der Waals surface area contributed by atoms with Crippen molar-refractivity contribution in [3.63, 3.8) is 0 Å². The van der Waals surface area contributed by atoms with Crippen molar-refractivity contribution < 1.29 is 19.4 Å². The SMILES string of the molecule is CC[C@H](O)[C@@H]1C[C@@H](C(C)(C)OC(C)=O)[C@H](n2c(=O)sc3c(=O)[nH]c(N)nc32)O1. The number of fused-ring (bicyclic) bond motifs is 1. The monoisotopic (exact) mass is 412 g/mol. The Morgan fingerprint density at radius 2 is 2.21 bits per heavy atom. The summed E-state index contributed by atoms with van der Waals surface area (Å²) in [4.78, 5) is 42.5. The van der Waals surface area contributed by atoms with Gasteiger partial charge in [0.15, 0.2) is 5.65 Å². The van der Waals surface area contributed by atoms with E-state index in [1.54, 1.807) is 13.8 Å². The summed E-state index contributed by atoms with van der Waals surface area (Å²) in [6.07, 6.45) is -1.36. The summed E-state index contributed by atoms with van der Waals surface area (Å²) in [5.41, 5.74) is 4.27. The Labute approximate surface area is 164 Å². The third-order valence-corrected chi connectivity index (χ3v) is 5.98. The van der Waals surface area contributed by atoms with Gasteiger partial charge in [-0.2, -0.15) is 4.98 Å². The van der Waals surface area contributed by atoms with E-state index in [4.69, 9.17) is 15.2 Å². The molecule has 1 saturated heterocycles. The van der Waals surface area contributed by atoms with Crippen molar-refractivity contribution in [1.82, 2.24) is 14.5 Å². The molecular formula is C17H24N4O6S. The van der Waals surface area contributed by atoms with Crippen LogP contribution in [0.1, 0.15) is 46.8 Å². The van der Waals surface area contributed by atoms with Crippen LogP contribution in [0.4, 0.5) is 5.95 Å². The van der Waals surface area contributed by atoms with Gasteiger partial charge in [-0.15, -0.1) is 0 Å². The van der Waals surface area contributed by atoms with Crippen LogP contribution >= 0.6 is 11.3 Å². The van der Waals surface area contributed by atoms with E-state index in [2.05, 4.69) is 9.97 Å². The molecule has 0 amide bonds. The van der Waals surface area contributed by atoms with Crippen LogP contribution in [0.2, 0.25) is 0 Å². The number of thiazole rings is 1. The molecule has 2 aromatic heterocycles.